The molecule has 1 aliphatic heterocycles. The summed E-state index contributed by atoms with van der Waals surface area (Å²) >= 11 is 0. The zero-order valence-electron chi connectivity index (χ0n) is 16.3. The molecule has 1 heterocycles. The smallest absolute Gasteiger partial charge is 0.253 e. The third-order valence-electron chi connectivity index (χ3n) is 4.21. The number of para-hydroxylation sites is 1. The largest absolute Gasteiger partial charge is 0.454 e. The third-order valence-corrected chi connectivity index (χ3v) is 4.21. The van der Waals surface area contributed by atoms with Crippen LogP contribution in [0.15, 0.2) is 48.5 Å². The van der Waals surface area contributed by atoms with Crippen LogP contribution in [0, 0.1) is 0 Å². The van der Waals surface area contributed by atoms with Gasteiger partial charge in [-0.25, -0.2) is 0 Å². The van der Waals surface area contributed by atoms with Crippen molar-refractivity contribution in [3.63, 3.8) is 0 Å². The van der Waals surface area contributed by atoms with Crippen LogP contribution in [0.2, 0.25) is 0 Å². The lowest BCUT2D eigenvalue weighted by molar-refractivity contribution is -0.111. The lowest BCUT2D eigenvalue weighted by Crippen LogP contribution is -2.26. The van der Waals surface area contributed by atoms with Crippen LogP contribution in [0.4, 0.5) is 5.69 Å². The van der Waals surface area contributed by atoms with E-state index in [1.165, 1.54) is 6.08 Å². The van der Waals surface area contributed by atoms with E-state index in [1.807, 2.05) is 13.0 Å². The summed E-state index contributed by atoms with van der Waals surface area (Å²) in [6.07, 6.45) is 3.81. The van der Waals surface area contributed by atoms with Gasteiger partial charge < -0.3 is 24.8 Å². The van der Waals surface area contributed by atoms with Gasteiger partial charge in [0.1, 0.15) is 0 Å². The molecule has 2 N–H and O–H groups in total. The van der Waals surface area contributed by atoms with Gasteiger partial charge in [-0.3, -0.25) is 9.59 Å². The minimum atomic E-state index is -0.334. The summed E-state index contributed by atoms with van der Waals surface area (Å²) in [5, 5.41) is 5.60. The first-order chi connectivity index (χ1) is 14.2. The molecule has 2 aromatic carbocycles. The van der Waals surface area contributed by atoms with Gasteiger partial charge in [0.05, 0.1) is 11.3 Å². The van der Waals surface area contributed by atoms with E-state index < -0.39 is 0 Å². The van der Waals surface area contributed by atoms with Crippen LogP contribution < -0.4 is 20.1 Å². The van der Waals surface area contributed by atoms with Crippen molar-refractivity contribution in [1.82, 2.24) is 5.32 Å². The number of rotatable bonds is 9. The molecule has 0 spiro atoms. The number of amides is 2. The van der Waals surface area contributed by atoms with Gasteiger partial charge in [-0.1, -0.05) is 18.2 Å². The van der Waals surface area contributed by atoms with Gasteiger partial charge in [0.15, 0.2) is 11.5 Å². The molecule has 152 valence electrons. The van der Waals surface area contributed by atoms with Crippen molar-refractivity contribution in [3.05, 3.63) is 59.7 Å². The van der Waals surface area contributed by atoms with Crippen LogP contribution in [0.5, 0.6) is 11.5 Å². The van der Waals surface area contributed by atoms with Crippen molar-refractivity contribution in [2.75, 3.05) is 31.9 Å². The average Bonchev–Trinajstić information content (AvgIpc) is 3.20. The fourth-order valence-electron chi connectivity index (χ4n) is 2.77. The maximum absolute atomic E-state index is 12.4. The Kier molecular flexibility index (Phi) is 7.24. The summed E-state index contributed by atoms with van der Waals surface area (Å²) in [5.74, 6) is 0.767. The lowest BCUT2D eigenvalue weighted by atomic mass is 10.1. The maximum Gasteiger partial charge on any atom is 0.253 e. The van der Waals surface area contributed by atoms with E-state index in [0.717, 1.165) is 12.0 Å². The van der Waals surface area contributed by atoms with Gasteiger partial charge in [-0.15, -0.1) is 0 Å². The van der Waals surface area contributed by atoms with Gasteiger partial charge in [0.2, 0.25) is 12.7 Å². The molecule has 2 aromatic rings. The number of ether oxygens (including phenoxy) is 3. The van der Waals surface area contributed by atoms with E-state index in [0.29, 0.717) is 42.5 Å². The molecule has 7 nitrogen and oxygen atoms in total. The lowest BCUT2D eigenvalue weighted by Gasteiger charge is -2.10. The predicted octanol–water partition coefficient (Wildman–Crippen LogP) is 3.22. The first kappa shape index (κ1) is 20.4. The van der Waals surface area contributed by atoms with Crippen molar-refractivity contribution in [3.8, 4) is 11.5 Å². The number of hydrogen-bond donors (Lipinski definition) is 2. The molecule has 0 saturated carbocycles. The number of hydrogen-bond acceptors (Lipinski definition) is 5. The van der Waals surface area contributed by atoms with Gasteiger partial charge >= 0.3 is 0 Å². The van der Waals surface area contributed by atoms with E-state index in [2.05, 4.69) is 10.6 Å². The Morgan fingerprint density at radius 3 is 2.83 bits per heavy atom. The highest BCUT2D eigenvalue weighted by atomic mass is 16.7. The second kappa shape index (κ2) is 10.3. The molecule has 1 aliphatic rings. The van der Waals surface area contributed by atoms with Gasteiger partial charge in [-0.05, 0) is 49.2 Å². The molecule has 0 radical (unpaired) electrons. The summed E-state index contributed by atoms with van der Waals surface area (Å²) in [6.45, 7) is 3.89. The molecule has 7 heteroatoms. The van der Waals surface area contributed by atoms with Crippen molar-refractivity contribution in [2.45, 2.75) is 13.3 Å². The molecule has 0 bridgehead atoms. The van der Waals surface area contributed by atoms with Crippen LogP contribution >= 0.6 is 0 Å². The number of nitrogens with one attached hydrogen (secondary N) is 2. The zero-order chi connectivity index (χ0) is 20.5. The molecule has 0 aliphatic carbocycles. The highest BCUT2D eigenvalue weighted by molar-refractivity contribution is 6.07. The highest BCUT2D eigenvalue weighted by Gasteiger charge is 2.13. The maximum atomic E-state index is 12.4. The van der Waals surface area contributed by atoms with Crippen LogP contribution in [-0.4, -0.2) is 38.4 Å². The number of carbonyl (C=O) groups excluding carboxylic acids is 2. The minimum absolute atomic E-state index is 0.202. The Bertz CT molecular complexity index is 895. The van der Waals surface area contributed by atoms with Crippen LogP contribution in [0.1, 0.15) is 29.3 Å². The quantitative estimate of drug-likeness (QED) is 0.502. The summed E-state index contributed by atoms with van der Waals surface area (Å²) in [4.78, 5) is 24.7. The first-order valence-electron chi connectivity index (χ1n) is 9.51. The minimum Gasteiger partial charge on any atom is -0.454 e. The van der Waals surface area contributed by atoms with E-state index in [4.69, 9.17) is 14.2 Å². The van der Waals surface area contributed by atoms with Gasteiger partial charge in [-0.2, -0.15) is 0 Å². The van der Waals surface area contributed by atoms with Gasteiger partial charge in [0.25, 0.3) is 5.91 Å². The van der Waals surface area contributed by atoms with E-state index >= 15 is 0 Å². The van der Waals surface area contributed by atoms with Crippen molar-refractivity contribution >= 4 is 23.6 Å². The summed E-state index contributed by atoms with van der Waals surface area (Å²) in [7, 11) is 0. The Morgan fingerprint density at radius 2 is 1.97 bits per heavy atom. The van der Waals surface area contributed by atoms with Crippen molar-refractivity contribution in [1.29, 1.82) is 0 Å². The number of carbonyl (C=O) groups is 2. The second-order valence-electron chi connectivity index (χ2n) is 6.29. The molecular formula is C22H24N2O5. The van der Waals surface area contributed by atoms with Crippen LogP contribution in [-0.2, 0) is 9.53 Å². The summed E-state index contributed by atoms with van der Waals surface area (Å²) in [5.41, 5.74) is 1.67. The highest BCUT2D eigenvalue weighted by Crippen LogP contribution is 2.32. The zero-order valence-corrected chi connectivity index (χ0v) is 16.3. The Labute approximate surface area is 169 Å². The van der Waals surface area contributed by atoms with Crippen LogP contribution in [0.3, 0.4) is 0 Å². The van der Waals surface area contributed by atoms with E-state index in [1.54, 1.807) is 42.5 Å². The fraction of sp³-hybridized carbons (Fsp3) is 0.273. The van der Waals surface area contributed by atoms with Crippen LogP contribution in [0.25, 0.3) is 6.08 Å². The Balaban J connectivity index is 1.58. The SMILES string of the molecule is CCOCCCNC(=O)c1ccccc1NC(=O)/C=C/c1ccc2c(c1)OCO2. The van der Waals surface area contributed by atoms with E-state index in [-0.39, 0.29) is 18.6 Å². The number of fused-ring (bicyclic) bond motifs is 1. The topological polar surface area (TPSA) is 85.9 Å². The number of anilines is 1. The first-order valence-corrected chi connectivity index (χ1v) is 9.51. The second-order valence-corrected chi connectivity index (χ2v) is 6.29. The summed E-state index contributed by atoms with van der Waals surface area (Å²) in [6, 6.07) is 12.3. The molecule has 0 atom stereocenters. The molecular weight excluding hydrogens is 372 g/mol. The molecule has 2 amide bonds. The molecule has 0 aromatic heterocycles. The molecule has 29 heavy (non-hydrogen) atoms. The average molecular weight is 396 g/mol. The molecule has 0 fully saturated rings. The van der Waals surface area contributed by atoms with Gasteiger partial charge in [0, 0.05) is 25.8 Å². The predicted molar refractivity (Wildman–Crippen MR) is 110 cm³/mol. The Morgan fingerprint density at radius 1 is 1.14 bits per heavy atom. The Hall–Kier alpha value is -3.32. The number of benzene rings is 2. The summed E-state index contributed by atoms with van der Waals surface area (Å²) < 4.78 is 15.9. The monoisotopic (exact) mass is 396 g/mol. The molecule has 0 saturated heterocycles. The van der Waals surface area contributed by atoms with Crippen molar-refractivity contribution < 1.29 is 23.8 Å². The third kappa shape index (κ3) is 5.83. The molecule has 0 unspecified atom stereocenters. The normalized spacial score (nSPS) is 12.2. The fourth-order valence-corrected chi connectivity index (χ4v) is 2.77. The van der Waals surface area contributed by atoms with E-state index in [9.17, 15) is 9.59 Å². The standard InChI is InChI=1S/C22H24N2O5/c1-2-27-13-5-12-23-22(26)17-6-3-4-7-18(17)24-21(25)11-9-16-8-10-19-20(14-16)29-15-28-19/h3-4,6-11,14H,2,5,12-13,15H2,1H3,(H,23,26)(H,24,25)/b11-9+. The molecule has 3 rings (SSSR count). The van der Waals surface area contributed by atoms with Crippen molar-refractivity contribution in [2.24, 2.45) is 0 Å².